The van der Waals surface area contributed by atoms with Gasteiger partial charge in [0.2, 0.25) is 5.16 Å². The third kappa shape index (κ3) is 6.37. The van der Waals surface area contributed by atoms with Crippen LogP contribution in [-0.2, 0) is 11.3 Å². The summed E-state index contributed by atoms with van der Waals surface area (Å²) in [6.45, 7) is 3.77. The van der Waals surface area contributed by atoms with Gasteiger partial charge in [0.15, 0.2) is 5.78 Å². The number of para-hydroxylation sites is 2. The van der Waals surface area contributed by atoms with E-state index >= 15 is 0 Å². The number of nitrogens with zero attached hydrogens (tertiary/aromatic N) is 5. The molecule has 0 saturated carbocycles. The van der Waals surface area contributed by atoms with Crippen molar-refractivity contribution in [1.29, 1.82) is 5.26 Å². The molecule has 0 radical (unpaired) electrons. The summed E-state index contributed by atoms with van der Waals surface area (Å²) in [6.07, 6.45) is 3.26. The molecule has 3 rings (SSSR count). The van der Waals surface area contributed by atoms with E-state index in [9.17, 15) is 4.79 Å². The summed E-state index contributed by atoms with van der Waals surface area (Å²) >= 11 is 1.29. The molecule has 2 aromatic rings. The van der Waals surface area contributed by atoms with Crippen LogP contribution in [-0.4, -0.2) is 38.4 Å². The number of thioether (sulfide) groups is 1. The van der Waals surface area contributed by atoms with Crippen LogP contribution in [0.1, 0.15) is 32.6 Å². The first kappa shape index (κ1) is 19.7. The van der Waals surface area contributed by atoms with Crippen LogP contribution < -0.4 is 10.6 Å². The third-order valence-electron chi connectivity index (χ3n) is 3.60. The first-order valence-electron chi connectivity index (χ1n) is 8.59. The van der Waals surface area contributed by atoms with Crippen molar-refractivity contribution in [3.8, 4) is 6.07 Å². The summed E-state index contributed by atoms with van der Waals surface area (Å²) in [5.41, 5.74) is 2.41. The summed E-state index contributed by atoms with van der Waals surface area (Å²) in [4.78, 5) is 11.2. The molecule has 1 aromatic heterocycles. The van der Waals surface area contributed by atoms with E-state index in [2.05, 4.69) is 45.2 Å². The number of anilines is 2. The molecule has 2 heterocycles. The average molecular weight is 373 g/mol. The Hall–Kier alpha value is -2.60. The van der Waals surface area contributed by atoms with Gasteiger partial charge >= 0.3 is 0 Å². The summed E-state index contributed by atoms with van der Waals surface area (Å²) < 4.78 is 1.71. The molecule has 1 aliphatic rings. The number of ketones is 1. The molecule has 1 aromatic carbocycles. The van der Waals surface area contributed by atoms with Gasteiger partial charge in [0, 0.05) is 6.54 Å². The average Bonchev–Trinajstić information content (AvgIpc) is 3.30. The van der Waals surface area contributed by atoms with E-state index in [4.69, 9.17) is 5.26 Å². The highest BCUT2D eigenvalue weighted by molar-refractivity contribution is 7.99. The Labute approximate surface area is 157 Å². The maximum atomic E-state index is 11.2. The minimum absolute atomic E-state index is 0.0512. The second-order valence-corrected chi connectivity index (χ2v) is 6.57. The van der Waals surface area contributed by atoms with E-state index in [1.807, 2.05) is 18.2 Å². The Balaban J connectivity index is 0.000000223. The smallest absolute Gasteiger partial charge is 0.209 e. The van der Waals surface area contributed by atoms with E-state index in [0.717, 1.165) is 32.5 Å². The zero-order chi connectivity index (χ0) is 18.6. The highest BCUT2D eigenvalue weighted by Gasteiger charge is 2.09. The lowest BCUT2D eigenvalue weighted by Gasteiger charge is -2.02. The van der Waals surface area contributed by atoms with Crippen molar-refractivity contribution in [1.82, 2.24) is 20.2 Å². The van der Waals surface area contributed by atoms with Crippen molar-refractivity contribution in [2.24, 2.45) is 0 Å². The normalized spacial score (nSPS) is 11.4. The van der Waals surface area contributed by atoms with Crippen LogP contribution in [0.2, 0.25) is 0 Å². The lowest BCUT2D eigenvalue weighted by Crippen LogP contribution is -2.05. The molecular weight excluding hydrogens is 350 g/mol. The number of hydrogen-bond donors (Lipinski definition) is 2. The highest BCUT2D eigenvalue weighted by Crippen LogP contribution is 2.24. The number of carbonyl (C=O) groups is 1. The fourth-order valence-corrected chi connectivity index (χ4v) is 3.03. The summed E-state index contributed by atoms with van der Waals surface area (Å²) in [6, 6.07) is 10.0. The number of Topliss-reactive ketones (excluding diaryl/α,β-unsaturated/α-hetero) is 1. The summed E-state index contributed by atoms with van der Waals surface area (Å²) in [5, 5.41) is 26.7. The van der Waals surface area contributed by atoms with Gasteiger partial charge in [-0.1, -0.05) is 43.7 Å². The number of carbonyl (C=O) groups excluding carboxylic acids is 1. The van der Waals surface area contributed by atoms with E-state index in [-0.39, 0.29) is 18.0 Å². The van der Waals surface area contributed by atoms with Gasteiger partial charge in [-0.25, -0.2) is 4.68 Å². The first-order chi connectivity index (χ1) is 12.7. The van der Waals surface area contributed by atoms with Crippen molar-refractivity contribution in [3.63, 3.8) is 0 Å². The topological polar surface area (TPSA) is 109 Å². The predicted octanol–water partition coefficient (Wildman–Crippen LogP) is 2.92. The van der Waals surface area contributed by atoms with Crippen LogP contribution in [0.5, 0.6) is 0 Å². The number of aromatic nitrogens is 4. The number of benzene rings is 1. The SMILES string of the molecule is CCCCCn1nnnc1SCC(=O)CC#N.c1ccc2c(c1)NCN2. The van der Waals surface area contributed by atoms with E-state index < -0.39 is 0 Å². The minimum atomic E-state index is -0.0967. The fraction of sp³-hybridized carbons (Fsp3) is 0.471. The maximum absolute atomic E-state index is 11.2. The number of nitrogens with one attached hydrogen (secondary N) is 2. The zero-order valence-corrected chi connectivity index (χ0v) is 15.6. The molecule has 2 N–H and O–H groups in total. The Kier molecular flexibility index (Phi) is 8.42. The van der Waals surface area contributed by atoms with Gasteiger partial charge in [-0.2, -0.15) is 5.26 Å². The Morgan fingerprint density at radius 3 is 2.69 bits per heavy atom. The predicted molar refractivity (Wildman–Crippen MR) is 102 cm³/mol. The standard InChI is InChI=1S/C10H15N5OS.C7H8N2/c1-2-3-4-7-15-10(12-13-14-15)17-8-9(16)5-6-11;1-2-4-7-6(3-1)8-5-9-7/h2-5,7-8H2,1H3;1-4,8-9H,5H2. The molecular formula is C17H23N7OS. The molecule has 9 heteroatoms. The Morgan fingerprint density at radius 1 is 1.31 bits per heavy atom. The van der Waals surface area contributed by atoms with Gasteiger partial charge in [-0.05, 0) is 29.0 Å². The highest BCUT2D eigenvalue weighted by atomic mass is 32.2. The second-order valence-electron chi connectivity index (χ2n) is 5.63. The van der Waals surface area contributed by atoms with Crippen LogP contribution in [0, 0.1) is 11.3 Å². The largest absolute Gasteiger partial charge is 0.366 e. The molecule has 0 fully saturated rings. The molecule has 0 spiro atoms. The maximum Gasteiger partial charge on any atom is 0.209 e. The number of unbranched alkanes of at least 4 members (excludes halogenated alkanes) is 2. The fourth-order valence-electron chi connectivity index (χ4n) is 2.26. The number of fused-ring (bicyclic) bond motifs is 1. The molecule has 138 valence electrons. The van der Waals surface area contributed by atoms with Crippen molar-refractivity contribution in [2.75, 3.05) is 23.1 Å². The number of rotatable bonds is 8. The Bertz CT molecular complexity index is 718. The molecule has 0 amide bonds. The van der Waals surface area contributed by atoms with E-state index in [1.54, 1.807) is 4.68 Å². The van der Waals surface area contributed by atoms with E-state index in [0.29, 0.717) is 5.16 Å². The molecule has 0 atom stereocenters. The van der Waals surface area contributed by atoms with Crippen LogP contribution in [0.15, 0.2) is 29.4 Å². The lowest BCUT2D eigenvalue weighted by molar-refractivity contribution is -0.115. The van der Waals surface area contributed by atoms with Gasteiger partial charge in [0.1, 0.15) is 0 Å². The second kappa shape index (κ2) is 11.1. The number of nitriles is 1. The summed E-state index contributed by atoms with van der Waals surface area (Å²) in [7, 11) is 0. The monoisotopic (exact) mass is 373 g/mol. The number of tetrazole rings is 1. The zero-order valence-electron chi connectivity index (χ0n) is 14.8. The lowest BCUT2D eigenvalue weighted by atomic mass is 10.2. The van der Waals surface area contributed by atoms with Crippen molar-refractivity contribution in [2.45, 2.75) is 44.3 Å². The van der Waals surface area contributed by atoms with Crippen LogP contribution in [0.25, 0.3) is 0 Å². The van der Waals surface area contributed by atoms with Gasteiger partial charge in [-0.15, -0.1) is 5.10 Å². The van der Waals surface area contributed by atoms with Crippen LogP contribution >= 0.6 is 11.8 Å². The van der Waals surface area contributed by atoms with Crippen molar-refractivity contribution < 1.29 is 4.79 Å². The molecule has 26 heavy (non-hydrogen) atoms. The third-order valence-corrected chi connectivity index (χ3v) is 4.61. The van der Waals surface area contributed by atoms with Crippen molar-refractivity contribution in [3.05, 3.63) is 24.3 Å². The van der Waals surface area contributed by atoms with Gasteiger partial charge in [0.05, 0.1) is 36.3 Å². The Morgan fingerprint density at radius 2 is 2.04 bits per heavy atom. The molecule has 8 nitrogen and oxygen atoms in total. The van der Waals surface area contributed by atoms with Gasteiger partial charge in [-0.3, -0.25) is 4.79 Å². The van der Waals surface area contributed by atoms with Crippen LogP contribution in [0.3, 0.4) is 0 Å². The van der Waals surface area contributed by atoms with Crippen LogP contribution in [0.4, 0.5) is 11.4 Å². The first-order valence-corrected chi connectivity index (χ1v) is 9.57. The summed E-state index contributed by atoms with van der Waals surface area (Å²) in [5.74, 6) is 0.155. The quantitative estimate of drug-likeness (QED) is 0.537. The number of hydrogen-bond acceptors (Lipinski definition) is 8. The van der Waals surface area contributed by atoms with Crippen molar-refractivity contribution >= 4 is 28.9 Å². The molecule has 0 bridgehead atoms. The minimum Gasteiger partial charge on any atom is -0.366 e. The van der Waals surface area contributed by atoms with E-state index in [1.165, 1.54) is 23.1 Å². The molecule has 1 aliphatic heterocycles. The molecule has 0 saturated heterocycles. The molecule has 0 unspecified atom stereocenters. The van der Waals surface area contributed by atoms with Gasteiger partial charge < -0.3 is 10.6 Å². The number of aryl methyl sites for hydroxylation is 1. The van der Waals surface area contributed by atoms with Gasteiger partial charge in [0.25, 0.3) is 0 Å². The molecule has 0 aliphatic carbocycles.